The number of rotatable bonds is 5. The number of likely N-dealkylation sites (tertiary alicyclic amines) is 1. The van der Waals surface area contributed by atoms with Crippen LogP contribution in [0, 0.1) is 17.2 Å². The van der Waals surface area contributed by atoms with Crippen LogP contribution in [0.1, 0.15) is 23.5 Å². The van der Waals surface area contributed by atoms with Crippen LogP contribution in [0.4, 0.5) is 4.79 Å². The number of piperidine rings is 1. The molecular weight excluding hydrogens is 346 g/mol. The molecule has 1 aliphatic rings. The fraction of sp³-hybridized carbons (Fsp3) is 0.350. The van der Waals surface area contributed by atoms with Gasteiger partial charge in [-0.1, -0.05) is 12.1 Å². The lowest BCUT2D eigenvalue weighted by molar-refractivity contribution is 0.0928. The van der Waals surface area contributed by atoms with Crippen LogP contribution in [0.3, 0.4) is 0 Å². The number of aromatic nitrogens is 1. The maximum absolute atomic E-state index is 11.4. The first-order valence-corrected chi connectivity index (χ1v) is 8.71. The molecule has 2 heterocycles. The predicted octanol–water partition coefficient (Wildman–Crippen LogP) is 3.12. The van der Waals surface area contributed by atoms with E-state index in [1.807, 2.05) is 24.3 Å². The molecule has 1 amide bonds. The summed E-state index contributed by atoms with van der Waals surface area (Å²) in [4.78, 5) is 17.0. The molecule has 2 aromatic rings. The zero-order valence-electron chi connectivity index (χ0n) is 15.0. The van der Waals surface area contributed by atoms with Gasteiger partial charge in [-0.25, -0.2) is 9.78 Å². The van der Waals surface area contributed by atoms with Gasteiger partial charge in [0.2, 0.25) is 5.88 Å². The summed E-state index contributed by atoms with van der Waals surface area (Å²) in [5, 5.41) is 18.3. The van der Waals surface area contributed by atoms with Crippen LogP contribution in [-0.4, -0.2) is 47.9 Å². The van der Waals surface area contributed by atoms with Crippen LogP contribution in [0.15, 0.2) is 42.6 Å². The largest absolute Gasteiger partial charge is 0.497 e. The Morgan fingerprint density at radius 3 is 2.81 bits per heavy atom. The number of methoxy groups -OCH3 is 1. The molecule has 0 saturated carbocycles. The highest BCUT2D eigenvalue weighted by atomic mass is 16.5. The standard InChI is InChI=1S/C20H21N3O4/c1-26-17-4-2-15(3-5-17)18-7-9-23(20(24)25)12-16(18)13-27-19-10-14(11-21)6-8-22-19/h2-6,8,10,16,18H,7,9,12-13H2,1H3,(H,24,25). The van der Waals surface area contributed by atoms with E-state index in [0.717, 1.165) is 17.7 Å². The Labute approximate surface area is 157 Å². The van der Waals surface area contributed by atoms with Crippen LogP contribution in [0.5, 0.6) is 11.6 Å². The molecule has 2 unspecified atom stereocenters. The van der Waals surface area contributed by atoms with Crippen LogP contribution in [0.25, 0.3) is 0 Å². The number of nitriles is 1. The van der Waals surface area contributed by atoms with Crippen LogP contribution in [0.2, 0.25) is 0 Å². The Morgan fingerprint density at radius 2 is 2.15 bits per heavy atom. The number of benzene rings is 1. The Hall–Kier alpha value is -3.27. The summed E-state index contributed by atoms with van der Waals surface area (Å²) in [5.41, 5.74) is 1.61. The maximum Gasteiger partial charge on any atom is 0.407 e. The summed E-state index contributed by atoms with van der Waals surface area (Å²) >= 11 is 0. The molecule has 1 N–H and O–H groups in total. The van der Waals surface area contributed by atoms with Crippen LogP contribution >= 0.6 is 0 Å². The third kappa shape index (κ3) is 4.47. The van der Waals surface area contributed by atoms with E-state index < -0.39 is 6.09 Å². The molecule has 2 atom stereocenters. The monoisotopic (exact) mass is 367 g/mol. The molecule has 7 heteroatoms. The molecule has 0 aliphatic carbocycles. The molecule has 1 saturated heterocycles. The Bertz CT molecular complexity index is 832. The van der Waals surface area contributed by atoms with E-state index in [4.69, 9.17) is 14.7 Å². The van der Waals surface area contributed by atoms with Crippen molar-refractivity contribution in [1.29, 1.82) is 5.26 Å². The van der Waals surface area contributed by atoms with Crippen molar-refractivity contribution in [3.05, 3.63) is 53.7 Å². The third-order valence-corrected chi connectivity index (χ3v) is 4.86. The maximum atomic E-state index is 11.4. The number of carbonyl (C=O) groups is 1. The first-order valence-electron chi connectivity index (χ1n) is 8.71. The van der Waals surface area contributed by atoms with E-state index in [9.17, 15) is 9.90 Å². The lowest BCUT2D eigenvalue weighted by Gasteiger charge is -2.37. The SMILES string of the molecule is COc1ccc(C2CCN(C(=O)O)CC2COc2cc(C#N)ccn2)cc1. The molecule has 1 aromatic heterocycles. The van der Waals surface area contributed by atoms with Crippen molar-refractivity contribution >= 4 is 6.09 Å². The summed E-state index contributed by atoms with van der Waals surface area (Å²) in [6, 6.07) is 13.1. The highest BCUT2D eigenvalue weighted by Crippen LogP contribution is 2.34. The van der Waals surface area contributed by atoms with Crippen molar-refractivity contribution in [2.24, 2.45) is 5.92 Å². The number of carboxylic acid groups (broad SMARTS) is 1. The number of hydrogen-bond donors (Lipinski definition) is 1. The molecule has 1 fully saturated rings. The molecule has 0 spiro atoms. The highest BCUT2D eigenvalue weighted by Gasteiger charge is 2.33. The highest BCUT2D eigenvalue weighted by molar-refractivity contribution is 5.65. The predicted molar refractivity (Wildman–Crippen MR) is 97.9 cm³/mol. The van der Waals surface area contributed by atoms with Crippen molar-refractivity contribution in [1.82, 2.24) is 9.88 Å². The average molecular weight is 367 g/mol. The van der Waals surface area contributed by atoms with Crippen molar-refractivity contribution in [3.63, 3.8) is 0 Å². The van der Waals surface area contributed by atoms with Gasteiger partial charge < -0.3 is 19.5 Å². The van der Waals surface area contributed by atoms with Gasteiger partial charge in [0.15, 0.2) is 0 Å². The minimum atomic E-state index is -0.919. The summed E-state index contributed by atoms with van der Waals surface area (Å²) in [6.07, 6.45) is 1.33. The fourth-order valence-corrected chi connectivity index (χ4v) is 3.42. The summed E-state index contributed by atoms with van der Waals surface area (Å²) in [6.45, 7) is 1.21. The normalized spacial score (nSPS) is 19.2. The van der Waals surface area contributed by atoms with Gasteiger partial charge in [-0.2, -0.15) is 5.26 Å². The van der Waals surface area contributed by atoms with Crippen LogP contribution in [-0.2, 0) is 0 Å². The van der Waals surface area contributed by atoms with Gasteiger partial charge >= 0.3 is 6.09 Å². The van der Waals surface area contributed by atoms with Crippen molar-refractivity contribution in [2.75, 3.05) is 26.8 Å². The first-order chi connectivity index (χ1) is 13.1. The van der Waals surface area contributed by atoms with Crippen molar-refractivity contribution < 1.29 is 19.4 Å². The quantitative estimate of drug-likeness (QED) is 0.872. The Morgan fingerprint density at radius 1 is 1.37 bits per heavy atom. The first kappa shape index (κ1) is 18.5. The molecule has 0 bridgehead atoms. The van der Waals surface area contributed by atoms with E-state index in [1.54, 1.807) is 19.2 Å². The summed E-state index contributed by atoms with van der Waals surface area (Å²) < 4.78 is 11.0. The average Bonchev–Trinajstić information content (AvgIpc) is 2.72. The number of ether oxygens (including phenoxy) is 2. The topological polar surface area (TPSA) is 95.7 Å². The lowest BCUT2D eigenvalue weighted by Crippen LogP contribution is -2.44. The summed E-state index contributed by atoms with van der Waals surface area (Å²) in [5.74, 6) is 1.31. The minimum Gasteiger partial charge on any atom is -0.497 e. The molecule has 27 heavy (non-hydrogen) atoms. The van der Waals surface area contributed by atoms with Crippen molar-refractivity contribution in [3.8, 4) is 17.7 Å². The van der Waals surface area contributed by atoms with Gasteiger partial charge in [0.25, 0.3) is 0 Å². The molecule has 1 aliphatic heterocycles. The molecule has 3 rings (SSSR count). The van der Waals surface area contributed by atoms with Crippen LogP contribution < -0.4 is 9.47 Å². The van der Waals surface area contributed by atoms with Gasteiger partial charge in [-0.3, -0.25) is 0 Å². The van der Waals surface area contributed by atoms with Gasteiger partial charge in [0, 0.05) is 31.3 Å². The minimum absolute atomic E-state index is 0.0178. The number of pyridine rings is 1. The third-order valence-electron chi connectivity index (χ3n) is 4.86. The molecule has 1 aromatic carbocycles. The number of hydrogen-bond acceptors (Lipinski definition) is 5. The molecular formula is C20H21N3O4. The zero-order chi connectivity index (χ0) is 19.2. The van der Waals surface area contributed by atoms with Gasteiger partial charge in [0.1, 0.15) is 5.75 Å². The molecule has 140 valence electrons. The van der Waals surface area contributed by atoms with Gasteiger partial charge in [-0.15, -0.1) is 0 Å². The van der Waals surface area contributed by atoms with Gasteiger partial charge in [0.05, 0.1) is 25.3 Å². The molecule has 0 radical (unpaired) electrons. The zero-order valence-corrected chi connectivity index (χ0v) is 15.0. The van der Waals surface area contributed by atoms with Gasteiger partial charge in [-0.05, 0) is 36.1 Å². The van der Waals surface area contributed by atoms with E-state index in [1.165, 1.54) is 11.1 Å². The molecule has 7 nitrogen and oxygen atoms in total. The van der Waals surface area contributed by atoms with E-state index in [0.29, 0.717) is 31.1 Å². The van der Waals surface area contributed by atoms with Crippen molar-refractivity contribution in [2.45, 2.75) is 12.3 Å². The second-order valence-electron chi connectivity index (χ2n) is 6.46. The smallest absolute Gasteiger partial charge is 0.407 e. The number of amides is 1. The Kier molecular flexibility index (Phi) is 5.77. The van der Waals surface area contributed by atoms with E-state index in [-0.39, 0.29) is 11.8 Å². The Balaban J connectivity index is 1.76. The lowest BCUT2D eigenvalue weighted by atomic mass is 9.81. The summed E-state index contributed by atoms with van der Waals surface area (Å²) in [7, 11) is 1.62. The van der Waals surface area contributed by atoms with E-state index >= 15 is 0 Å². The second kappa shape index (κ2) is 8.41. The second-order valence-corrected chi connectivity index (χ2v) is 6.46. The fourth-order valence-electron chi connectivity index (χ4n) is 3.42. The van der Waals surface area contributed by atoms with E-state index in [2.05, 4.69) is 11.1 Å². The number of nitrogens with zero attached hydrogens (tertiary/aromatic N) is 3.